The summed E-state index contributed by atoms with van der Waals surface area (Å²) in [7, 11) is 0. The molecular weight excluding hydrogens is 344 g/mol. The van der Waals surface area contributed by atoms with Crippen LogP contribution in [0.25, 0.3) is 0 Å². The van der Waals surface area contributed by atoms with E-state index in [1.807, 2.05) is 0 Å². The van der Waals surface area contributed by atoms with Crippen molar-refractivity contribution in [1.82, 2.24) is 0 Å². The molecule has 2 rings (SSSR count). The van der Waals surface area contributed by atoms with Crippen molar-refractivity contribution in [3.8, 4) is 23.3 Å². The van der Waals surface area contributed by atoms with E-state index in [9.17, 15) is 4.79 Å². The Hall–Kier alpha value is -3.59. The molecule has 27 heavy (non-hydrogen) atoms. The molecule has 0 amide bonds. The fourth-order valence-corrected chi connectivity index (χ4v) is 1.95. The van der Waals surface area contributed by atoms with Gasteiger partial charge in [0.2, 0.25) is 0 Å². The van der Waals surface area contributed by atoms with Crippen molar-refractivity contribution in [3.63, 3.8) is 0 Å². The highest BCUT2D eigenvalue weighted by molar-refractivity contribution is 5.84. The minimum atomic E-state index is -0.558. The van der Waals surface area contributed by atoms with Gasteiger partial charge in [0.15, 0.2) is 0 Å². The van der Waals surface area contributed by atoms with Crippen molar-refractivity contribution in [2.24, 2.45) is 5.16 Å². The van der Waals surface area contributed by atoms with Crippen LogP contribution in [0.1, 0.15) is 26.3 Å². The largest absolute Gasteiger partial charge is 0.487 e. The van der Waals surface area contributed by atoms with Gasteiger partial charge in [-0.15, -0.1) is 0 Å². The number of oxime groups is 1. The van der Waals surface area contributed by atoms with E-state index in [1.165, 1.54) is 6.08 Å². The second kappa shape index (κ2) is 9.78. The van der Waals surface area contributed by atoms with Gasteiger partial charge in [0.1, 0.15) is 23.4 Å². The van der Waals surface area contributed by atoms with Crippen molar-refractivity contribution >= 4 is 11.7 Å². The molecule has 0 bridgehead atoms. The molecule has 138 valence electrons. The molecule has 6 nitrogen and oxygen atoms in total. The minimum absolute atomic E-state index is 0.324. The second-order valence-corrected chi connectivity index (χ2v) is 5.84. The fraction of sp³-hybridized carbons (Fsp3) is 0.190. The predicted molar refractivity (Wildman–Crippen MR) is 102 cm³/mol. The molecule has 0 fully saturated rings. The molecule has 1 atom stereocenters. The Labute approximate surface area is 158 Å². The molecule has 6 heteroatoms. The first kappa shape index (κ1) is 19.7. The van der Waals surface area contributed by atoms with Crippen molar-refractivity contribution in [3.05, 3.63) is 66.2 Å². The molecule has 0 heterocycles. The van der Waals surface area contributed by atoms with Crippen LogP contribution in [0.3, 0.4) is 0 Å². The summed E-state index contributed by atoms with van der Waals surface area (Å²) >= 11 is 0. The summed E-state index contributed by atoms with van der Waals surface area (Å²) < 4.78 is 11.4. The molecule has 0 N–H and O–H groups in total. The van der Waals surface area contributed by atoms with Crippen LogP contribution in [0.15, 0.2) is 65.8 Å². The highest BCUT2D eigenvalue weighted by Gasteiger charge is 2.04. The van der Waals surface area contributed by atoms with Crippen LogP contribution in [-0.4, -0.2) is 17.8 Å². The lowest BCUT2D eigenvalue weighted by Gasteiger charge is -2.11. The number of rotatable bonds is 7. The normalized spacial score (nSPS) is 11.3. The van der Waals surface area contributed by atoms with E-state index in [4.69, 9.17) is 14.7 Å². The van der Waals surface area contributed by atoms with E-state index in [0.717, 1.165) is 0 Å². The predicted octanol–water partition coefficient (Wildman–Crippen LogP) is 4.61. The van der Waals surface area contributed by atoms with E-state index >= 15 is 0 Å². The van der Waals surface area contributed by atoms with Gasteiger partial charge in [0.25, 0.3) is 0 Å². The van der Waals surface area contributed by atoms with Crippen molar-refractivity contribution < 1.29 is 19.1 Å². The van der Waals surface area contributed by atoms with E-state index < -0.39 is 5.97 Å². The summed E-state index contributed by atoms with van der Waals surface area (Å²) in [5.74, 6) is 1.36. The standard InChI is InChI=1S/C21H20N2O4/c1-15(2)23-27-21(24)13-4-16(3)25-18-9-11-20(12-10-18)26-19-7-5-17(14-22)6-8-19/h4-13,16H,1-3H3. The maximum absolute atomic E-state index is 11.5. The number of nitriles is 1. The molecule has 0 spiro atoms. The Bertz CT molecular complexity index is 859. The minimum Gasteiger partial charge on any atom is -0.487 e. The molecule has 2 aromatic carbocycles. The molecule has 0 radical (unpaired) electrons. The third-order valence-corrected chi connectivity index (χ3v) is 3.19. The average Bonchev–Trinajstić information content (AvgIpc) is 2.67. The molecule has 0 saturated heterocycles. The first-order valence-corrected chi connectivity index (χ1v) is 8.31. The van der Waals surface area contributed by atoms with Gasteiger partial charge >= 0.3 is 5.97 Å². The summed E-state index contributed by atoms with van der Waals surface area (Å²) in [4.78, 5) is 16.1. The fourth-order valence-electron chi connectivity index (χ4n) is 1.95. The first-order valence-electron chi connectivity index (χ1n) is 8.31. The van der Waals surface area contributed by atoms with E-state index in [0.29, 0.717) is 28.5 Å². The van der Waals surface area contributed by atoms with Gasteiger partial charge in [-0.05, 0) is 75.4 Å². The molecule has 0 aliphatic rings. The molecule has 0 aliphatic carbocycles. The number of benzene rings is 2. The van der Waals surface area contributed by atoms with Crippen molar-refractivity contribution in [1.29, 1.82) is 5.26 Å². The molecule has 0 aromatic heterocycles. The van der Waals surface area contributed by atoms with Crippen molar-refractivity contribution in [2.45, 2.75) is 26.9 Å². The Morgan fingerprint density at radius 1 is 1.04 bits per heavy atom. The molecule has 0 aliphatic heterocycles. The van der Waals surface area contributed by atoms with Gasteiger partial charge in [0.05, 0.1) is 17.3 Å². The van der Waals surface area contributed by atoms with Crippen LogP contribution in [0.2, 0.25) is 0 Å². The molecule has 0 saturated carbocycles. The Kier molecular flexibility index (Phi) is 7.15. The van der Waals surface area contributed by atoms with Crippen LogP contribution in [0, 0.1) is 11.3 Å². The molecule has 2 aromatic rings. The maximum Gasteiger partial charge on any atom is 0.358 e. The van der Waals surface area contributed by atoms with E-state index in [2.05, 4.69) is 16.1 Å². The number of ether oxygens (including phenoxy) is 2. The van der Waals surface area contributed by atoms with Gasteiger partial charge in [-0.25, -0.2) is 4.79 Å². The monoisotopic (exact) mass is 364 g/mol. The number of carbonyl (C=O) groups excluding carboxylic acids is 1. The smallest absolute Gasteiger partial charge is 0.358 e. The van der Waals surface area contributed by atoms with E-state index in [-0.39, 0.29) is 6.10 Å². The van der Waals surface area contributed by atoms with Crippen LogP contribution in [0.5, 0.6) is 17.2 Å². The average molecular weight is 364 g/mol. The lowest BCUT2D eigenvalue weighted by atomic mass is 10.2. The number of carbonyl (C=O) groups is 1. The van der Waals surface area contributed by atoms with Gasteiger partial charge < -0.3 is 14.3 Å². The van der Waals surface area contributed by atoms with Crippen molar-refractivity contribution in [2.75, 3.05) is 0 Å². The highest BCUT2D eigenvalue weighted by atomic mass is 16.7. The summed E-state index contributed by atoms with van der Waals surface area (Å²) in [5, 5.41) is 12.4. The summed E-state index contributed by atoms with van der Waals surface area (Å²) in [6.07, 6.45) is 2.54. The van der Waals surface area contributed by atoms with Crippen LogP contribution >= 0.6 is 0 Å². The highest BCUT2D eigenvalue weighted by Crippen LogP contribution is 2.24. The van der Waals surface area contributed by atoms with Crippen LogP contribution < -0.4 is 9.47 Å². The topological polar surface area (TPSA) is 80.9 Å². The SMILES string of the molecule is CC(C)=NOC(=O)C=CC(C)Oc1ccc(Oc2ccc(C#N)cc2)cc1. The first-order chi connectivity index (χ1) is 13.0. The third kappa shape index (κ3) is 7.04. The van der Waals surface area contributed by atoms with Gasteiger partial charge in [-0.1, -0.05) is 5.16 Å². The third-order valence-electron chi connectivity index (χ3n) is 3.19. The maximum atomic E-state index is 11.5. The number of hydrogen-bond donors (Lipinski definition) is 0. The zero-order valence-electron chi connectivity index (χ0n) is 15.4. The van der Waals surface area contributed by atoms with E-state index in [1.54, 1.807) is 75.4 Å². The molecule has 1 unspecified atom stereocenters. The number of nitrogens with zero attached hydrogens (tertiary/aromatic N) is 2. The summed E-state index contributed by atoms with van der Waals surface area (Å²) in [5.41, 5.74) is 1.23. The zero-order valence-corrected chi connectivity index (χ0v) is 15.4. The Morgan fingerprint density at radius 3 is 2.15 bits per heavy atom. The summed E-state index contributed by atoms with van der Waals surface area (Å²) in [6, 6.07) is 16.0. The quantitative estimate of drug-likeness (QED) is 0.310. The summed E-state index contributed by atoms with van der Waals surface area (Å²) in [6.45, 7) is 5.27. The van der Waals surface area contributed by atoms with Gasteiger partial charge in [-0.2, -0.15) is 5.26 Å². The zero-order chi connectivity index (χ0) is 19.6. The van der Waals surface area contributed by atoms with Crippen LogP contribution in [-0.2, 0) is 9.63 Å². The molecular formula is C21H20N2O4. The Morgan fingerprint density at radius 2 is 1.59 bits per heavy atom. The van der Waals surface area contributed by atoms with Crippen LogP contribution in [0.4, 0.5) is 0 Å². The second-order valence-electron chi connectivity index (χ2n) is 5.84. The van der Waals surface area contributed by atoms with Gasteiger partial charge in [-0.3, -0.25) is 0 Å². The lowest BCUT2D eigenvalue weighted by Crippen LogP contribution is -2.09. The Balaban J connectivity index is 1.88. The lowest BCUT2D eigenvalue weighted by molar-refractivity contribution is -0.137. The number of hydrogen-bond acceptors (Lipinski definition) is 6. The van der Waals surface area contributed by atoms with Gasteiger partial charge in [0, 0.05) is 6.08 Å².